The summed E-state index contributed by atoms with van der Waals surface area (Å²) >= 11 is 0. The molecule has 0 fully saturated rings. The zero-order chi connectivity index (χ0) is 12.2. The molecule has 0 spiro atoms. The Bertz CT molecular complexity index is 649. The lowest BCUT2D eigenvalue weighted by atomic mass is 10.1. The molecule has 0 N–H and O–H groups in total. The largest absolute Gasteiger partial charge is 0.457 e. The fourth-order valence-corrected chi connectivity index (χ4v) is 1.76. The highest BCUT2D eigenvalue weighted by molar-refractivity contribution is 6.09. The van der Waals surface area contributed by atoms with Gasteiger partial charge in [-0.05, 0) is 13.0 Å². The van der Waals surface area contributed by atoms with Gasteiger partial charge in [-0.15, -0.1) is 0 Å². The number of ether oxygens (including phenoxy) is 2. The fraction of sp³-hybridized carbons (Fsp3) is 0.167. The van der Waals surface area contributed by atoms with Crippen molar-refractivity contribution in [2.75, 3.05) is 0 Å². The van der Waals surface area contributed by atoms with Crippen LogP contribution in [0.5, 0.6) is 5.75 Å². The van der Waals surface area contributed by atoms with E-state index in [0.717, 1.165) is 0 Å². The Balaban J connectivity index is 1.87. The molecular weight excluding hydrogens is 224 g/mol. The van der Waals surface area contributed by atoms with Gasteiger partial charge in [-0.1, -0.05) is 6.58 Å². The maximum absolute atomic E-state index is 11.3. The van der Waals surface area contributed by atoms with E-state index in [1.165, 1.54) is 0 Å². The van der Waals surface area contributed by atoms with Gasteiger partial charge in [-0.25, -0.2) is 9.59 Å². The molecular formula is C12H8O5. The molecule has 3 heterocycles. The number of esters is 2. The highest BCUT2D eigenvalue weighted by atomic mass is 16.6. The summed E-state index contributed by atoms with van der Waals surface area (Å²) in [5.41, 5.74) is 2.29. The van der Waals surface area contributed by atoms with Crippen LogP contribution in [0, 0.1) is 0 Å². The van der Waals surface area contributed by atoms with E-state index >= 15 is 0 Å². The molecule has 0 saturated carbocycles. The summed E-state index contributed by atoms with van der Waals surface area (Å²) in [6, 6.07) is 1.60. The summed E-state index contributed by atoms with van der Waals surface area (Å²) in [6.45, 7) is 5.05. The van der Waals surface area contributed by atoms with Crippen molar-refractivity contribution in [1.29, 1.82) is 0 Å². The Labute approximate surface area is 95.9 Å². The Morgan fingerprint density at radius 1 is 1.53 bits per heavy atom. The smallest absolute Gasteiger partial charge is 0.347 e. The topological polar surface area (TPSA) is 65.7 Å². The van der Waals surface area contributed by atoms with Gasteiger partial charge in [0.2, 0.25) is 0 Å². The van der Waals surface area contributed by atoms with Gasteiger partial charge in [0, 0.05) is 5.57 Å². The van der Waals surface area contributed by atoms with Gasteiger partial charge in [0.1, 0.15) is 17.8 Å². The molecule has 0 aliphatic carbocycles. The number of hydrogen-bond acceptors (Lipinski definition) is 5. The van der Waals surface area contributed by atoms with Crippen molar-refractivity contribution in [1.82, 2.24) is 0 Å². The highest BCUT2D eigenvalue weighted by Crippen LogP contribution is 2.43. The molecule has 86 valence electrons. The molecule has 5 nitrogen and oxygen atoms in total. The first kappa shape index (κ1) is 9.89. The SMILES string of the molecule is C=C(C)C(=O)OCc1c2c3oc1cc3C(=O)O2. The molecule has 2 aromatic heterocycles. The van der Waals surface area contributed by atoms with E-state index in [1.807, 2.05) is 0 Å². The van der Waals surface area contributed by atoms with E-state index in [4.69, 9.17) is 13.9 Å². The standard InChI is InChI=1S/C12H8O5/c1-5(2)11(13)15-4-7-8-3-6-9(16-8)10(7)17-12(6)14/h3H,1,4H2,2H3. The summed E-state index contributed by atoms with van der Waals surface area (Å²) < 4.78 is 15.4. The van der Waals surface area contributed by atoms with Gasteiger partial charge < -0.3 is 13.9 Å². The van der Waals surface area contributed by atoms with E-state index in [-0.39, 0.29) is 6.61 Å². The minimum absolute atomic E-state index is 0.0108. The molecule has 5 heteroatoms. The molecule has 0 amide bonds. The van der Waals surface area contributed by atoms with Crippen LogP contribution in [-0.2, 0) is 16.1 Å². The molecule has 0 atom stereocenters. The third kappa shape index (κ3) is 1.25. The van der Waals surface area contributed by atoms with Crippen LogP contribution < -0.4 is 4.74 Å². The van der Waals surface area contributed by atoms with Crippen molar-refractivity contribution in [2.45, 2.75) is 13.5 Å². The number of hydrogen-bond donors (Lipinski definition) is 0. The van der Waals surface area contributed by atoms with Gasteiger partial charge in [-0.2, -0.15) is 0 Å². The predicted molar refractivity (Wildman–Crippen MR) is 57.0 cm³/mol. The van der Waals surface area contributed by atoms with Gasteiger partial charge in [0.05, 0.1) is 5.56 Å². The molecule has 2 aromatic rings. The van der Waals surface area contributed by atoms with Gasteiger partial charge in [0.25, 0.3) is 0 Å². The van der Waals surface area contributed by atoms with E-state index in [9.17, 15) is 9.59 Å². The molecule has 3 rings (SSSR count). The summed E-state index contributed by atoms with van der Waals surface area (Å²) in [5.74, 6) is -0.539. The van der Waals surface area contributed by atoms with E-state index in [2.05, 4.69) is 6.58 Å². The number of carbonyl (C=O) groups is 2. The van der Waals surface area contributed by atoms with E-state index in [0.29, 0.717) is 33.6 Å². The zero-order valence-corrected chi connectivity index (χ0v) is 9.03. The molecule has 2 bridgehead atoms. The van der Waals surface area contributed by atoms with E-state index in [1.54, 1.807) is 13.0 Å². The molecule has 0 aromatic carbocycles. The molecule has 0 radical (unpaired) electrons. The van der Waals surface area contributed by atoms with Crippen LogP contribution in [0.15, 0.2) is 22.6 Å². The zero-order valence-electron chi connectivity index (χ0n) is 9.03. The third-order valence-corrected chi connectivity index (χ3v) is 2.62. The third-order valence-electron chi connectivity index (χ3n) is 2.62. The quantitative estimate of drug-likeness (QED) is 0.598. The number of rotatable bonds is 3. The molecule has 0 saturated heterocycles. The van der Waals surface area contributed by atoms with Gasteiger partial charge in [-0.3, -0.25) is 0 Å². The average Bonchev–Trinajstić information content (AvgIpc) is 2.87. The molecule has 1 aliphatic rings. The minimum atomic E-state index is -0.486. The lowest BCUT2D eigenvalue weighted by Crippen LogP contribution is -2.05. The Hall–Kier alpha value is -2.30. The lowest BCUT2D eigenvalue weighted by molar-refractivity contribution is -0.140. The fourth-order valence-electron chi connectivity index (χ4n) is 1.76. The molecule has 1 aliphatic heterocycles. The number of fused-ring (bicyclic) bond motifs is 1. The lowest BCUT2D eigenvalue weighted by Gasteiger charge is -2.03. The summed E-state index contributed by atoms with van der Waals surface area (Å²) in [5, 5.41) is 0. The van der Waals surface area contributed by atoms with Crippen LogP contribution >= 0.6 is 0 Å². The van der Waals surface area contributed by atoms with Gasteiger partial charge in [0.15, 0.2) is 11.3 Å². The summed E-state index contributed by atoms with van der Waals surface area (Å²) in [6.07, 6.45) is 0. The molecule has 17 heavy (non-hydrogen) atoms. The average molecular weight is 232 g/mol. The van der Waals surface area contributed by atoms with E-state index < -0.39 is 11.9 Å². The van der Waals surface area contributed by atoms with Crippen LogP contribution in [0.2, 0.25) is 0 Å². The Morgan fingerprint density at radius 2 is 2.29 bits per heavy atom. The Morgan fingerprint density at radius 3 is 3.00 bits per heavy atom. The normalized spacial score (nSPS) is 13.1. The first-order valence-electron chi connectivity index (χ1n) is 5.00. The number of carbonyl (C=O) groups excluding carboxylic acids is 2. The minimum Gasteiger partial charge on any atom is -0.457 e. The van der Waals surface area contributed by atoms with Crippen molar-refractivity contribution in [3.05, 3.63) is 29.3 Å². The second-order valence-corrected chi connectivity index (χ2v) is 3.91. The van der Waals surface area contributed by atoms with Crippen molar-refractivity contribution >= 4 is 23.1 Å². The van der Waals surface area contributed by atoms with Crippen LogP contribution in [-0.4, -0.2) is 11.9 Å². The second-order valence-electron chi connectivity index (χ2n) is 3.91. The predicted octanol–water partition coefficient (Wildman–Crippen LogP) is 2.02. The van der Waals surface area contributed by atoms with Gasteiger partial charge >= 0.3 is 11.9 Å². The first-order valence-corrected chi connectivity index (χ1v) is 5.00. The van der Waals surface area contributed by atoms with Crippen LogP contribution in [0.3, 0.4) is 0 Å². The monoisotopic (exact) mass is 232 g/mol. The number of benzene rings is 1. The number of furan rings is 2. The van der Waals surface area contributed by atoms with Crippen molar-refractivity contribution in [3.63, 3.8) is 0 Å². The van der Waals surface area contributed by atoms with Crippen LogP contribution in [0.1, 0.15) is 22.8 Å². The summed E-state index contributed by atoms with van der Waals surface area (Å²) in [4.78, 5) is 22.6. The second kappa shape index (κ2) is 3.10. The summed E-state index contributed by atoms with van der Waals surface area (Å²) in [7, 11) is 0. The van der Waals surface area contributed by atoms with Crippen LogP contribution in [0.25, 0.3) is 11.2 Å². The van der Waals surface area contributed by atoms with Crippen molar-refractivity contribution < 1.29 is 23.5 Å². The molecule has 0 unspecified atom stereocenters. The Kier molecular flexibility index (Phi) is 1.80. The first-order chi connectivity index (χ1) is 8.08. The van der Waals surface area contributed by atoms with Crippen molar-refractivity contribution in [3.8, 4) is 5.75 Å². The highest BCUT2D eigenvalue weighted by Gasteiger charge is 2.34. The maximum atomic E-state index is 11.3. The van der Waals surface area contributed by atoms with Crippen LogP contribution in [0.4, 0.5) is 0 Å². The maximum Gasteiger partial charge on any atom is 0.347 e. The van der Waals surface area contributed by atoms with Crippen molar-refractivity contribution in [2.24, 2.45) is 0 Å².